The van der Waals surface area contributed by atoms with Crippen LogP contribution in [0.4, 0.5) is 20.2 Å². The number of nitrogens with two attached hydrogens (primary N) is 1. The highest BCUT2D eigenvalue weighted by molar-refractivity contribution is 6.25. The van der Waals surface area contributed by atoms with Gasteiger partial charge in [0.15, 0.2) is 5.69 Å². The Kier molecular flexibility index (Phi) is 8.40. The molecule has 1 aromatic heterocycles. The predicted molar refractivity (Wildman–Crippen MR) is 158 cm³/mol. The number of carbonyl (C=O) groups is 4. The minimum Gasteiger partial charge on any atom is -0.396 e. The van der Waals surface area contributed by atoms with Gasteiger partial charge in [0, 0.05) is 36.9 Å². The SMILES string of the molecule is CN(CC1CCC(n2cc(N)c(C(F)F)n2)CC1)C1CCC(Nc2cccc3c2C(=O)N(C2CCC(=O)NC2=O)C3=O)CC1. The first-order valence-electron chi connectivity index (χ1n) is 15.5. The standard InChI is InChI=1S/C31H39F2N7O4/c1-38(15-17-5-9-20(10-6-17)39-16-22(34)27(37-39)28(32)33)19-11-7-18(8-12-19)35-23-4-2-3-21-26(23)31(44)40(30(21)43)24-13-14-25(41)36-29(24)42/h2-4,16-20,24,28,35H,5-15,34H2,1H3,(H,36,41,42). The molecule has 1 aromatic carbocycles. The van der Waals surface area contributed by atoms with Gasteiger partial charge >= 0.3 is 0 Å². The molecule has 236 valence electrons. The van der Waals surface area contributed by atoms with E-state index in [1.54, 1.807) is 22.9 Å². The second-order valence-corrected chi connectivity index (χ2v) is 12.7. The van der Waals surface area contributed by atoms with Crippen molar-refractivity contribution in [2.24, 2.45) is 5.92 Å². The normalized spacial score (nSPS) is 27.7. The fourth-order valence-corrected chi connectivity index (χ4v) is 7.44. The van der Waals surface area contributed by atoms with Gasteiger partial charge in [-0.2, -0.15) is 5.10 Å². The molecule has 2 aromatic rings. The summed E-state index contributed by atoms with van der Waals surface area (Å²) in [6.45, 7) is 0.984. The van der Waals surface area contributed by atoms with Crippen LogP contribution in [-0.4, -0.2) is 74.9 Å². The molecular weight excluding hydrogens is 572 g/mol. The Morgan fingerprint density at radius 1 is 1.02 bits per heavy atom. The number of nitrogen functional groups attached to an aromatic ring is 1. The Balaban J connectivity index is 1.000. The third-order valence-electron chi connectivity index (χ3n) is 9.88. The Labute approximate surface area is 254 Å². The second kappa shape index (κ2) is 12.3. The summed E-state index contributed by atoms with van der Waals surface area (Å²) in [7, 11) is 2.17. The first-order chi connectivity index (χ1) is 21.1. The topological polar surface area (TPSA) is 143 Å². The van der Waals surface area contributed by atoms with E-state index < -0.39 is 36.1 Å². The number of nitrogens with one attached hydrogen (secondary N) is 2. The molecule has 4 amide bonds. The zero-order chi connectivity index (χ0) is 31.1. The van der Waals surface area contributed by atoms with Crippen LogP contribution in [0.2, 0.25) is 0 Å². The van der Waals surface area contributed by atoms with Crippen LogP contribution in [0.25, 0.3) is 0 Å². The van der Waals surface area contributed by atoms with Crippen LogP contribution in [0.15, 0.2) is 24.4 Å². The number of rotatable bonds is 8. The average molecular weight is 612 g/mol. The molecule has 2 aliphatic carbocycles. The summed E-state index contributed by atoms with van der Waals surface area (Å²) in [4.78, 5) is 54.0. The zero-order valence-corrected chi connectivity index (χ0v) is 24.8. The van der Waals surface area contributed by atoms with Crippen molar-refractivity contribution in [3.63, 3.8) is 0 Å². The van der Waals surface area contributed by atoms with E-state index in [1.165, 1.54) is 6.20 Å². The van der Waals surface area contributed by atoms with Gasteiger partial charge in [0.2, 0.25) is 11.8 Å². The molecule has 13 heteroatoms. The van der Waals surface area contributed by atoms with Crippen LogP contribution in [-0.2, 0) is 9.59 Å². The number of aromatic nitrogens is 2. The first-order valence-corrected chi connectivity index (χ1v) is 15.5. The number of fused-ring (bicyclic) bond motifs is 1. The molecule has 11 nitrogen and oxygen atoms in total. The average Bonchev–Trinajstić information content (AvgIpc) is 3.51. The molecule has 0 radical (unpaired) electrons. The number of nitrogens with zero attached hydrogens (tertiary/aromatic N) is 4. The summed E-state index contributed by atoms with van der Waals surface area (Å²) in [6.07, 6.45) is 6.71. The molecule has 1 atom stereocenters. The lowest BCUT2D eigenvalue weighted by Gasteiger charge is -2.38. The highest BCUT2D eigenvalue weighted by Crippen LogP contribution is 2.37. The van der Waals surface area contributed by atoms with E-state index in [4.69, 9.17) is 5.73 Å². The number of benzene rings is 1. The number of piperidine rings is 1. The van der Waals surface area contributed by atoms with Crippen molar-refractivity contribution in [3.05, 3.63) is 41.2 Å². The van der Waals surface area contributed by atoms with E-state index >= 15 is 0 Å². The first kappa shape index (κ1) is 30.2. The van der Waals surface area contributed by atoms with E-state index in [-0.39, 0.29) is 41.9 Å². The zero-order valence-electron chi connectivity index (χ0n) is 24.8. The van der Waals surface area contributed by atoms with Gasteiger partial charge in [-0.05, 0) is 82.9 Å². The highest BCUT2D eigenvalue weighted by atomic mass is 19.3. The smallest absolute Gasteiger partial charge is 0.284 e. The summed E-state index contributed by atoms with van der Waals surface area (Å²) in [6, 6.07) is 4.86. The minimum absolute atomic E-state index is 0.0536. The van der Waals surface area contributed by atoms with E-state index in [2.05, 4.69) is 27.7 Å². The van der Waals surface area contributed by atoms with Crippen LogP contribution in [0.5, 0.6) is 0 Å². The van der Waals surface area contributed by atoms with Gasteiger partial charge in [-0.1, -0.05) is 6.07 Å². The lowest BCUT2D eigenvalue weighted by Crippen LogP contribution is -2.54. The van der Waals surface area contributed by atoms with Crippen LogP contribution >= 0.6 is 0 Å². The third kappa shape index (κ3) is 5.81. The number of halogens is 2. The lowest BCUT2D eigenvalue weighted by molar-refractivity contribution is -0.136. The van der Waals surface area contributed by atoms with Crippen LogP contribution in [0, 0.1) is 5.92 Å². The Morgan fingerprint density at radius 2 is 1.75 bits per heavy atom. The van der Waals surface area contributed by atoms with Crippen molar-refractivity contribution >= 4 is 35.0 Å². The van der Waals surface area contributed by atoms with Crippen LogP contribution in [0.1, 0.15) is 103 Å². The maximum Gasteiger partial charge on any atom is 0.284 e. The predicted octanol–water partition coefficient (Wildman–Crippen LogP) is 3.89. The molecule has 3 fully saturated rings. The summed E-state index contributed by atoms with van der Waals surface area (Å²) >= 11 is 0. The molecule has 4 N–H and O–H groups in total. The van der Waals surface area contributed by atoms with Crippen molar-refractivity contribution in [2.45, 2.75) is 94.8 Å². The number of carbonyl (C=O) groups excluding carboxylic acids is 4. The van der Waals surface area contributed by atoms with Gasteiger partial charge in [0.25, 0.3) is 18.2 Å². The maximum atomic E-state index is 13.4. The Bertz CT molecular complexity index is 1450. The van der Waals surface area contributed by atoms with Crippen molar-refractivity contribution in [3.8, 4) is 0 Å². The third-order valence-corrected chi connectivity index (χ3v) is 9.88. The van der Waals surface area contributed by atoms with Crippen molar-refractivity contribution in [2.75, 3.05) is 24.6 Å². The molecule has 3 heterocycles. The molecule has 0 spiro atoms. The monoisotopic (exact) mass is 611 g/mol. The minimum atomic E-state index is -2.66. The van der Waals surface area contributed by atoms with Gasteiger partial charge in [-0.15, -0.1) is 0 Å². The molecule has 44 heavy (non-hydrogen) atoms. The number of hydrogen-bond donors (Lipinski definition) is 3. The number of anilines is 2. The summed E-state index contributed by atoms with van der Waals surface area (Å²) in [5.41, 5.74) is 6.62. The largest absolute Gasteiger partial charge is 0.396 e. The number of alkyl halides is 2. The Hall–Kier alpha value is -3.87. The summed E-state index contributed by atoms with van der Waals surface area (Å²) in [5.74, 6) is -1.49. The molecule has 0 bridgehead atoms. The highest BCUT2D eigenvalue weighted by Gasteiger charge is 2.46. The molecule has 1 saturated heterocycles. The molecule has 2 saturated carbocycles. The Morgan fingerprint density at radius 3 is 2.41 bits per heavy atom. The van der Waals surface area contributed by atoms with Gasteiger partial charge in [0.05, 0.1) is 22.9 Å². The quantitative estimate of drug-likeness (QED) is 0.382. The van der Waals surface area contributed by atoms with E-state index in [0.29, 0.717) is 23.2 Å². The van der Waals surface area contributed by atoms with E-state index in [0.717, 1.165) is 62.8 Å². The summed E-state index contributed by atoms with van der Waals surface area (Å²) in [5, 5.41) is 9.79. The van der Waals surface area contributed by atoms with Crippen LogP contribution in [0.3, 0.4) is 0 Å². The van der Waals surface area contributed by atoms with Crippen molar-refractivity contribution in [1.82, 2.24) is 24.9 Å². The van der Waals surface area contributed by atoms with Crippen molar-refractivity contribution < 1.29 is 28.0 Å². The maximum absolute atomic E-state index is 13.4. The van der Waals surface area contributed by atoms with Gasteiger partial charge < -0.3 is 16.0 Å². The number of imide groups is 2. The number of hydrogen-bond acceptors (Lipinski definition) is 8. The molecular formula is C31H39F2N7O4. The van der Waals surface area contributed by atoms with E-state index in [1.807, 2.05) is 0 Å². The second-order valence-electron chi connectivity index (χ2n) is 12.7. The number of amides is 4. The van der Waals surface area contributed by atoms with Gasteiger partial charge in [-0.25, -0.2) is 8.78 Å². The van der Waals surface area contributed by atoms with Crippen LogP contribution < -0.4 is 16.4 Å². The fourth-order valence-electron chi connectivity index (χ4n) is 7.44. The molecule has 1 unspecified atom stereocenters. The molecule has 4 aliphatic rings. The molecule has 2 aliphatic heterocycles. The summed E-state index contributed by atoms with van der Waals surface area (Å²) < 4.78 is 27.8. The lowest BCUT2D eigenvalue weighted by atomic mass is 9.84. The fraction of sp³-hybridized carbons (Fsp3) is 0.581. The van der Waals surface area contributed by atoms with Gasteiger partial charge in [-0.3, -0.25) is 34.1 Å². The van der Waals surface area contributed by atoms with E-state index in [9.17, 15) is 28.0 Å². The van der Waals surface area contributed by atoms with Crippen molar-refractivity contribution in [1.29, 1.82) is 0 Å². The van der Waals surface area contributed by atoms with Gasteiger partial charge in [0.1, 0.15) is 6.04 Å². The molecule has 6 rings (SSSR count).